The molecule has 0 radical (unpaired) electrons. The van der Waals surface area contributed by atoms with Crippen LogP contribution in [0.3, 0.4) is 0 Å². The highest BCUT2D eigenvalue weighted by Gasteiger charge is 2.25. The van der Waals surface area contributed by atoms with Crippen molar-refractivity contribution in [2.45, 2.75) is 40.3 Å². The molecular formula is C17H21BrN4O. The third-order valence-corrected chi connectivity index (χ3v) is 4.98. The number of aromatic nitrogens is 3. The summed E-state index contributed by atoms with van der Waals surface area (Å²) in [6.45, 7) is 8.35. The summed E-state index contributed by atoms with van der Waals surface area (Å²) in [5.41, 5.74) is 1.83. The van der Waals surface area contributed by atoms with Crippen LogP contribution in [0, 0.1) is 12.8 Å². The highest BCUT2D eigenvalue weighted by Crippen LogP contribution is 2.21. The lowest BCUT2D eigenvalue weighted by molar-refractivity contribution is 0.0706. The maximum atomic E-state index is 12.7. The lowest BCUT2D eigenvalue weighted by Gasteiger charge is -2.28. The topological polar surface area (TPSA) is 51.0 Å². The molecule has 0 bridgehead atoms. The van der Waals surface area contributed by atoms with E-state index in [0.29, 0.717) is 24.6 Å². The van der Waals surface area contributed by atoms with E-state index >= 15 is 0 Å². The summed E-state index contributed by atoms with van der Waals surface area (Å²) in [7, 11) is 0. The molecular weight excluding hydrogens is 356 g/mol. The van der Waals surface area contributed by atoms with E-state index in [2.05, 4.69) is 44.5 Å². The van der Waals surface area contributed by atoms with Gasteiger partial charge < -0.3 is 9.47 Å². The van der Waals surface area contributed by atoms with Crippen LogP contribution in [0.4, 0.5) is 0 Å². The van der Waals surface area contributed by atoms with Crippen molar-refractivity contribution in [1.82, 2.24) is 19.7 Å². The summed E-state index contributed by atoms with van der Waals surface area (Å²) in [5.74, 6) is 2.50. The zero-order valence-electron chi connectivity index (χ0n) is 13.7. The molecule has 0 aliphatic carbocycles. The van der Waals surface area contributed by atoms with Gasteiger partial charge in [-0.3, -0.25) is 4.79 Å². The number of carbonyl (C=O) groups excluding carboxylic acids is 1. The molecule has 0 saturated heterocycles. The van der Waals surface area contributed by atoms with Gasteiger partial charge in [-0.25, -0.2) is 0 Å². The monoisotopic (exact) mass is 376 g/mol. The number of nitrogens with zero attached hydrogens (tertiary/aromatic N) is 4. The molecule has 1 aromatic heterocycles. The fraction of sp³-hybridized carbons (Fsp3) is 0.471. The first-order valence-electron chi connectivity index (χ1n) is 7.92. The molecule has 0 fully saturated rings. The minimum atomic E-state index is 0.0466. The first kappa shape index (κ1) is 16.2. The van der Waals surface area contributed by atoms with Crippen LogP contribution >= 0.6 is 15.9 Å². The molecule has 1 aliphatic rings. The number of amides is 1. The number of hydrogen-bond donors (Lipinski definition) is 0. The van der Waals surface area contributed by atoms with E-state index in [-0.39, 0.29) is 5.91 Å². The minimum Gasteiger partial charge on any atom is -0.329 e. The number of carbonyl (C=O) groups is 1. The number of fused-ring (bicyclic) bond motifs is 1. The molecule has 1 aliphatic heterocycles. The molecule has 23 heavy (non-hydrogen) atoms. The van der Waals surface area contributed by atoms with Crippen molar-refractivity contribution in [3.63, 3.8) is 0 Å². The fourth-order valence-corrected chi connectivity index (χ4v) is 3.19. The number of hydrogen-bond acceptors (Lipinski definition) is 3. The van der Waals surface area contributed by atoms with Crippen molar-refractivity contribution in [3.8, 4) is 0 Å². The van der Waals surface area contributed by atoms with E-state index in [1.807, 2.05) is 30.0 Å². The molecule has 0 unspecified atom stereocenters. The second-order valence-electron chi connectivity index (χ2n) is 6.47. The van der Waals surface area contributed by atoms with Crippen molar-refractivity contribution in [2.75, 3.05) is 6.54 Å². The minimum absolute atomic E-state index is 0.0466. The zero-order valence-corrected chi connectivity index (χ0v) is 15.3. The molecule has 1 amide bonds. The van der Waals surface area contributed by atoms with Gasteiger partial charge in [0.25, 0.3) is 5.91 Å². The molecule has 6 heteroatoms. The normalized spacial score (nSPS) is 14.2. The molecule has 5 nitrogen and oxygen atoms in total. The van der Waals surface area contributed by atoms with Gasteiger partial charge in [-0.1, -0.05) is 35.8 Å². The van der Waals surface area contributed by atoms with Crippen molar-refractivity contribution in [3.05, 3.63) is 45.4 Å². The maximum Gasteiger partial charge on any atom is 0.254 e. The predicted molar refractivity (Wildman–Crippen MR) is 92.2 cm³/mol. The van der Waals surface area contributed by atoms with E-state index < -0.39 is 0 Å². The van der Waals surface area contributed by atoms with Gasteiger partial charge in [0, 0.05) is 29.5 Å². The van der Waals surface area contributed by atoms with Crippen LogP contribution in [0.15, 0.2) is 22.7 Å². The van der Waals surface area contributed by atoms with Gasteiger partial charge in [-0.15, -0.1) is 10.2 Å². The molecule has 1 aromatic carbocycles. The summed E-state index contributed by atoms with van der Waals surface area (Å²) >= 11 is 3.49. The van der Waals surface area contributed by atoms with E-state index in [1.165, 1.54) is 0 Å². The SMILES string of the molecule is Cc1ccc(C(=O)N2CCn3c(CC(C)C)nnc3C2)cc1Br. The quantitative estimate of drug-likeness (QED) is 0.826. The van der Waals surface area contributed by atoms with Crippen molar-refractivity contribution in [1.29, 1.82) is 0 Å². The summed E-state index contributed by atoms with van der Waals surface area (Å²) < 4.78 is 3.12. The largest absolute Gasteiger partial charge is 0.329 e. The van der Waals surface area contributed by atoms with E-state index in [4.69, 9.17) is 0 Å². The van der Waals surface area contributed by atoms with Crippen LogP contribution in [-0.2, 0) is 19.5 Å². The third-order valence-electron chi connectivity index (χ3n) is 4.13. The maximum absolute atomic E-state index is 12.7. The summed E-state index contributed by atoms with van der Waals surface area (Å²) in [5, 5.41) is 8.58. The number of halogens is 1. The van der Waals surface area contributed by atoms with Gasteiger partial charge in [0.05, 0.1) is 6.54 Å². The van der Waals surface area contributed by atoms with Gasteiger partial charge in [-0.05, 0) is 30.5 Å². The van der Waals surface area contributed by atoms with Crippen molar-refractivity contribution >= 4 is 21.8 Å². The number of aryl methyl sites for hydroxylation is 1. The molecule has 2 aromatic rings. The zero-order chi connectivity index (χ0) is 16.6. The van der Waals surface area contributed by atoms with E-state index in [9.17, 15) is 4.79 Å². The Kier molecular flexibility index (Phi) is 4.53. The average molecular weight is 377 g/mol. The number of benzene rings is 1. The Balaban J connectivity index is 1.77. The van der Waals surface area contributed by atoms with Crippen LogP contribution < -0.4 is 0 Å². The van der Waals surface area contributed by atoms with Crippen LogP contribution in [-0.4, -0.2) is 32.1 Å². The molecule has 122 valence electrons. The first-order valence-corrected chi connectivity index (χ1v) is 8.71. The summed E-state index contributed by atoms with van der Waals surface area (Å²) in [4.78, 5) is 14.6. The standard InChI is InChI=1S/C17H21BrN4O/c1-11(2)8-15-19-20-16-10-21(6-7-22(15)16)17(23)13-5-4-12(3)14(18)9-13/h4-5,9,11H,6-8,10H2,1-3H3. The van der Waals surface area contributed by atoms with Gasteiger partial charge in [0.1, 0.15) is 5.82 Å². The molecule has 3 rings (SSSR count). The Morgan fingerprint density at radius 1 is 1.30 bits per heavy atom. The van der Waals surface area contributed by atoms with E-state index in [1.54, 1.807) is 0 Å². The van der Waals surface area contributed by atoms with Crippen LogP contribution in [0.1, 0.15) is 41.4 Å². The smallest absolute Gasteiger partial charge is 0.254 e. The Hall–Kier alpha value is -1.69. The summed E-state index contributed by atoms with van der Waals surface area (Å²) in [6.07, 6.45) is 0.922. The van der Waals surface area contributed by atoms with Crippen molar-refractivity contribution < 1.29 is 4.79 Å². The van der Waals surface area contributed by atoms with Crippen molar-refractivity contribution in [2.24, 2.45) is 5.92 Å². The van der Waals surface area contributed by atoms with Gasteiger partial charge in [0.2, 0.25) is 0 Å². The predicted octanol–water partition coefficient (Wildman–Crippen LogP) is 3.20. The Labute approximate surface area is 144 Å². The molecule has 0 spiro atoms. The van der Waals surface area contributed by atoms with E-state index in [0.717, 1.165) is 34.7 Å². The molecule has 2 heterocycles. The average Bonchev–Trinajstić information content (AvgIpc) is 2.91. The molecule has 0 N–H and O–H groups in total. The highest BCUT2D eigenvalue weighted by atomic mass is 79.9. The van der Waals surface area contributed by atoms with Crippen LogP contribution in [0.25, 0.3) is 0 Å². The molecule has 0 saturated carbocycles. The highest BCUT2D eigenvalue weighted by molar-refractivity contribution is 9.10. The third kappa shape index (κ3) is 3.32. The van der Waals surface area contributed by atoms with Gasteiger partial charge >= 0.3 is 0 Å². The first-order chi connectivity index (χ1) is 11.0. The second kappa shape index (κ2) is 6.43. The van der Waals surface area contributed by atoms with Gasteiger partial charge in [0.15, 0.2) is 5.82 Å². The second-order valence-corrected chi connectivity index (χ2v) is 7.33. The lowest BCUT2D eigenvalue weighted by Crippen LogP contribution is -2.38. The van der Waals surface area contributed by atoms with Gasteiger partial charge in [-0.2, -0.15) is 0 Å². The summed E-state index contributed by atoms with van der Waals surface area (Å²) in [6, 6.07) is 5.73. The lowest BCUT2D eigenvalue weighted by atomic mass is 10.1. The molecule has 0 atom stereocenters. The van der Waals surface area contributed by atoms with Crippen LogP contribution in [0.5, 0.6) is 0 Å². The Morgan fingerprint density at radius 3 is 2.78 bits per heavy atom. The Morgan fingerprint density at radius 2 is 2.09 bits per heavy atom. The Bertz CT molecular complexity index is 738. The van der Waals surface area contributed by atoms with Crippen LogP contribution in [0.2, 0.25) is 0 Å². The number of rotatable bonds is 3. The fourth-order valence-electron chi connectivity index (χ4n) is 2.82.